The van der Waals surface area contributed by atoms with E-state index in [1.165, 1.54) is 0 Å². The van der Waals surface area contributed by atoms with Gasteiger partial charge in [0.1, 0.15) is 5.01 Å². The van der Waals surface area contributed by atoms with Gasteiger partial charge >= 0.3 is 0 Å². The van der Waals surface area contributed by atoms with Crippen molar-refractivity contribution in [1.82, 2.24) is 14.8 Å². The average Bonchev–Trinajstić information content (AvgIpc) is 2.70. The summed E-state index contributed by atoms with van der Waals surface area (Å²) in [5.41, 5.74) is 0. The highest BCUT2D eigenvalue weighted by molar-refractivity contribution is 7.11. The number of rotatable bonds is 2. The van der Waals surface area contributed by atoms with E-state index in [9.17, 15) is 0 Å². The van der Waals surface area contributed by atoms with Crippen LogP contribution < -0.4 is 0 Å². The van der Waals surface area contributed by atoms with Gasteiger partial charge in [-0.15, -0.1) is 11.3 Å². The lowest BCUT2D eigenvalue weighted by Crippen LogP contribution is -2.44. The Hall–Kier alpha value is -0.490. The lowest BCUT2D eigenvalue weighted by molar-refractivity contribution is 0.115. The second kappa shape index (κ2) is 4.57. The van der Waals surface area contributed by atoms with E-state index < -0.39 is 0 Å². The smallest absolute Gasteiger partial charge is 0.111 e. The predicted molar refractivity (Wildman–Crippen MR) is 60.9 cm³/mol. The molecule has 0 spiro atoms. The van der Waals surface area contributed by atoms with E-state index in [1.54, 1.807) is 17.5 Å². The van der Waals surface area contributed by atoms with Crippen LogP contribution in [0, 0.1) is 0 Å². The first-order valence-corrected chi connectivity index (χ1v) is 5.96. The maximum Gasteiger partial charge on any atom is 0.111 e. The van der Waals surface area contributed by atoms with Crippen LogP contribution in [0.15, 0.2) is 6.20 Å². The molecule has 4 nitrogen and oxygen atoms in total. The molecule has 2 rings (SSSR count). The van der Waals surface area contributed by atoms with Gasteiger partial charge in [-0.05, 0) is 14.1 Å². The second-order valence-corrected chi connectivity index (χ2v) is 5.23. The number of aliphatic hydroxyl groups excluding tert-OH is 1. The normalized spacial score (nSPS) is 24.6. The Kier molecular flexibility index (Phi) is 3.35. The summed E-state index contributed by atoms with van der Waals surface area (Å²) in [6.45, 7) is 3.32. The molecule has 1 aromatic heterocycles. The average molecular weight is 227 g/mol. The molecule has 0 aliphatic carbocycles. The van der Waals surface area contributed by atoms with Crippen molar-refractivity contribution >= 4 is 11.3 Å². The van der Waals surface area contributed by atoms with Crippen LogP contribution in [0.25, 0.3) is 0 Å². The molecule has 1 aliphatic rings. The van der Waals surface area contributed by atoms with Crippen LogP contribution in [0.5, 0.6) is 0 Å². The molecule has 1 saturated heterocycles. The Labute approximate surface area is 94.2 Å². The topological polar surface area (TPSA) is 39.6 Å². The molecule has 1 N–H and O–H groups in total. The number of thiazole rings is 1. The first-order chi connectivity index (χ1) is 7.20. The molecule has 0 radical (unpaired) electrons. The van der Waals surface area contributed by atoms with Crippen molar-refractivity contribution in [3.05, 3.63) is 16.1 Å². The van der Waals surface area contributed by atoms with Gasteiger partial charge in [-0.1, -0.05) is 0 Å². The van der Waals surface area contributed by atoms with Gasteiger partial charge in [-0.2, -0.15) is 0 Å². The third-order valence-electron chi connectivity index (χ3n) is 2.86. The van der Waals surface area contributed by atoms with E-state index >= 15 is 0 Å². The van der Waals surface area contributed by atoms with Crippen LogP contribution in [0.1, 0.15) is 15.9 Å². The minimum Gasteiger partial charge on any atom is -0.391 e. The van der Waals surface area contributed by atoms with Crippen LogP contribution >= 0.6 is 11.3 Å². The number of aromatic nitrogens is 1. The zero-order valence-electron chi connectivity index (χ0n) is 9.18. The van der Waals surface area contributed by atoms with Gasteiger partial charge in [0.15, 0.2) is 0 Å². The molecule has 5 heteroatoms. The number of hydrogen-bond donors (Lipinski definition) is 1. The van der Waals surface area contributed by atoms with E-state index in [0.717, 1.165) is 29.5 Å². The molecular formula is C10H17N3OS. The SMILES string of the molecule is CN1CCN(C)C(c2ncc(CO)s2)C1. The standard InChI is InChI=1S/C10H17N3OS/c1-12-3-4-13(2)9(6-12)10-11-5-8(7-14)15-10/h5,9,14H,3-4,6-7H2,1-2H3. The Balaban J connectivity index is 2.13. The zero-order valence-corrected chi connectivity index (χ0v) is 10.00. The predicted octanol–water partition coefficient (Wildman–Crippen LogP) is 0.554. The number of hydrogen-bond acceptors (Lipinski definition) is 5. The van der Waals surface area contributed by atoms with E-state index in [4.69, 9.17) is 5.11 Å². The number of nitrogens with zero attached hydrogens (tertiary/aromatic N) is 3. The van der Waals surface area contributed by atoms with Crippen LogP contribution in [0.2, 0.25) is 0 Å². The van der Waals surface area contributed by atoms with E-state index in [0.29, 0.717) is 6.04 Å². The van der Waals surface area contributed by atoms with Crippen LogP contribution in [-0.4, -0.2) is 53.6 Å². The maximum absolute atomic E-state index is 9.01. The Bertz CT molecular complexity index is 328. The van der Waals surface area contributed by atoms with Crippen molar-refractivity contribution < 1.29 is 5.11 Å². The molecule has 15 heavy (non-hydrogen) atoms. The van der Waals surface area contributed by atoms with Gasteiger partial charge < -0.3 is 10.0 Å². The summed E-state index contributed by atoms with van der Waals surface area (Å²) >= 11 is 1.62. The summed E-state index contributed by atoms with van der Waals surface area (Å²) in [5.74, 6) is 0. The Morgan fingerprint density at radius 1 is 1.53 bits per heavy atom. The molecule has 0 amide bonds. The van der Waals surface area contributed by atoms with Crippen LogP contribution in [-0.2, 0) is 6.61 Å². The fourth-order valence-corrected chi connectivity index (χ4v) is 2.76. The van der Waals surface area contributed by atoms with Gasteiger partial charge in [0.2, 0.25) is 0 Å². The summed E-state index contributed by atoms with van der Waals surface area (Å²) in [7, 11) is 4.28. The van der Waals surface area contributed by atoms with Crippen molar-refractivity contribution in [2.45, 2.75) is 12.6 Å². The van der Waals surface area contributed by atoms with Crippen LogP contribution in [0.4, 0.5) is 0 Å². The lowest BCUT2D eigenvalue weighted by Gasteiger charge is -2.36. The fourth-order valence-electron chi connectivity index (χ4n) is 1.83. The highest BCUT2D eigenvalue weighted by Gasteiger charge is 2.25. The molecule has 0 saturated carbocycles. The largest absolute Gasteiger partial charge is 0.391 e. The van der Waals surface area contributed by atoms with Crippen molar-refractivity contribution in [2.75, 3.05) is 33.7 Å². The van der Waals surface area contributed by atoms with Crippen molar-refractivity contribution in [2.24, 2.45) is 0 Å². The second-order valence-electron chi connectivity index (χ2n) is 4.08. The van der Waals surface area contributed by atoms with E-state index in [2.05, 4.69) is 28.9 Å². The molecule has 1 fully saturated rings. The molecule has 1 aliphatic heterocycles. The molecule has 2 heterocycles. The number of aliphatic hydroxyl groups is 1. The highest BCUT2D eigenvalue weighted by atomic mass is 32.1. The summed E-state index contributed by atoms with van der Waals surface area (Å²) in [4.78, 5) is 9.99. The molecule has 1 atom stereocenters. The fraction of sp³-hybridized carbons (Fsp3) is 0.700. The Morgan fingerprint density at radius 3 is 3.00 bits per heavy atom. The van der Waals surface area contributed by atoms with Gasteiger partial charge in [0.05, 0.1) is 17.5 Å². The number of likely N-dealkylation sites (N-methyl/N-ethyl adjacent to an activating group) is 2. The van der Waals surface area contributed by atoms with E-state index in [-0.39, 0.29) is 6.61 Å². The zero-order chi connectivity index (χ0) is 10.8. The van der Waals surface area contributed by atoms with Gasteiger partial charge in [0, 0.05) is 25.8 Å². The third kappa shape index (κ3) is 2.36. The molecule has 84 valence electrons. The van der Waals surface area contributed by atoms with Crippen molar-refractivity contribution in [1.29, 1.82) is 0 Å². The number of piperazine rings is 1. The van der Waals surface area contributed by atoms with Gasteiger partial charge in [0.25, 0.3) is 0 Å². The van der Waals surface area contributed by atoms with E-state index in [1.807, 2.05) is 0 Å². The molecule has 1 unspecified atom stereocenters. The van der Waals surface area contributed by atoms with Crippen molar-refractivity contribution in [3.63, 3.8) is 0 Å². The molecular weight excluding hydrogens is 210 g/mol. The van der Waals surface area contributed by atoms with Gasteiger partial charge in [-0.3, -0.25) is 4.90 Å². The van der Waals surface area contributed by atoms with Gasteiger partial charge in [-0.25, -0.2) is 4.98 Å². The summed E-state index contributed by atoms with van der Waals surface area (Å²) in [5, 5.41) is 10.1. The first kappa shape index (κ1) is 11.0. The lowest BCUT2D eigenvalue weighted by atomic mass is 10.2. The maximum atomic E-state index is 9.01. The van der Waals surface area contributed by atoms with Crippen LogP contribution in [0.3, 0.4) is 0 Å². The summed E-state index contributed by atoms with van der Waals surface area (Å²) in [6, 6.07) is 0.383. The monoisotopic (exact) mass is 227 g/mol. The first-order valence-electron chi connectivity index (χ1n) is 5.15. The third-order valence-corrected chi connectivity index (χ3v) is 3.95. The molecule has 0 bridgehead atoms. The Morgan fingerprint density at radius 2 is 2.33 bits per heavy atom. The highest BCUT2D eigenvalue weighted by Crippen LogP contribution is 2.27. The summed E-state index contributed by atoms with van der Waals surface area (Å²) < 4.78 is 0. The minimum atomic E-state index is 0.101. The van der Waals surface area contributed by atoms with Crippen molar-refractivity contribution in [3.8, 4) is 0 Å². The summed E-state index contributed by atoms with van der Waals surface area (Å²) in [6.07, 6.45) is 1.78. The molecule has 0 aromatic carbocycles. The minimum absolute atomic E-state index is 0.101. The molecule has 1 aromatic rings. The quantitative estimate of drug-likeness (QED) is 0.801.